The highest BCUT2D eigenvalue weighted by Crippen LogP contribution is 2.25. The van der Waals surface area contributed by atoms with E-state index in [1.165, 1.54) is 12.7 Å². The molecule has 1 aliphatic rings. The zero-order chi connectivity index (χ0) is 18.8. The maximum absolute atomic E-state index is 11.4. The number of carbonyl (C=O) groups excluding carboxylic acids is 1. The molecule has 0 amide bonds. The van der Waals surface area contributed by atoms with Crippen LogP contribution in [0.5, 0.6) is 5.75 Å². The van der Waals surface area contributed by atoms with E-state index in [9.17, 15) is 4.79 Å². The topological polar surface area (TPSA) is 56.4 Å². The maximum atomic E-state index is 11.4. The van der Waals surface area contributed by atoms with Crippen LogP contribution >= 0.6 is 0 Å². The largest absolute Gasteiger partial charge is 0.492 e. The summed E-state index contributed by atoms with van der Waals surface area (Å²) in [6, 6.07) is 12.5. The van der Waals surface area contributed by atoms with Crippen molar-refractivity contribution in [2.75, 3.05) is 20.3 Å². The molecule has 0 N–H and O–H groups in total. The van der Waals surface area contributed by atoms with E-state index in [-0.39, 0.29) is 5.97 Å². The smallest absolute Gasteiger partial charge is 0.309 e. The molecule has 1 aromatic heterocycles. The molecule has 2 atom stereocenters. The fourth-order valence-electron chi connectivity index (χ4n) is 3.27. The van der Waals surface area contributed by atoms with Gasteiger partial charge in [-0.05, 0) is 28.5 Å². The highest BCUT2D eigenvalue weighted by molar-refractivity contribution is 5.85. The molecule has 6 nitrogen and oxygen atoms in total. The van der Waals surface area contributed by atoms with Crippen molar-refractivity contribution in [3.63, 3.8) is 0 Å². The van der Waals surface area contributed by atoms with Crippen LogP contribution in [-0.4, -0.2) is 47.0 Å². The Kier molecular flexibility index (Phi) is 4.81. The van der Waals surface area contributed by atoms with Crippen LogP contribution in [-0.2, 0) is 29.5 Å². The number of carbonyl (C=O) groups is 1. The summed E-state index contributed by atoms with van der Waals surface area (Å²) in [6.45, 7) is 2.66. The Morgan fingerprint density at radius 3 is 2.78 bits per heavy atom. The summed E-state index contributed by atoms with van der Waals surface area (Å²) in [4.78, 5) is 13.8. The number of hydrogen-bond donors (Lipinski definition) is 0. The van der Waals surface area contributed by atoms with Gasteiger partial charge in [0.05, 0.1) is 25.8 Å². The van der Waals surface area contributed by atoms with Crippen molar-refractivity contribution in [3.05, 3.63) is 59.9 Å². The van der Waals surface area contributed by atoms with Crippen molar-refractivity contribution in [1.29, 1.82) is 0 Å². The number of rotatable bonds is 7. The number of aromatic nitrogens is 2. The van der Waals surface area contributed by atoms with Crippen LogP contribution in [0.4, 0.5) is 0 Å². The molecule has 4 rings (SSSR count). The summed E-state index contributed by atoms with van der Waals surface area (Å²) in [6.07, 6.45) is 4.25. The Labute approximate surface area is 158 Å². The molecule has 140 valence electrons. The minimum Gasteiger partial charge on any atom is -0.492 e. The first kappa shape index (κ1) is 17.5. The Hall–Kier alpha value is -2.86. The Morgan fingerprint density at radius 2 is 2.00 bits per heavy atom. The molecule has 0 bridgehead atoms. The molecule has 3 aromatic rings. The predicted octanol–water partition coefficient (Wildman–Crippen LogP) is 2.55. The molecule has 1 fully saturated rings. The van der Waals surface area contributed by atoms with Gasteiger partial charge in [0.25, 0.3) is 0 Å². The van der Waals surface area contributed by atoms with Crippen LogP contribution in [0.25, 0.3) is 10.8 Å². The van der Waals surface area contributed by atoms with Gasteiger partial charge < -0.3 is 9.47 Å². The van der Waals surface area contributed by atoms with Crippen molar-refractivity contribution >= 4 is 16.7 Å². The molecule has 1 saturated heterocycles. The lowest BCUT2D eigenvalue weighted by Gasteiger charge is -2.08. The molecular weight excluding hydrogens is 342 g/mol. The molecule has 0 spiro atoms. The van der Waals surface area contributed by atoms with Crippen molar-refractivity contribution in [2.45, 2.75) is 19.0 Å². The normalized spacial score (nSPS) is 18.4. The van der Waals surface area contributed by atoms with Gasteiger partial charge in [-0.25, -0.2) is 0 Å². The fourth-order valence-corrected chi connectivity index (χ4v) is 3.27. The molecule has 0 saturated carbocycles. The number of fused-ring (bicyclic) bond motifs is 1. The van der Waals surface area contributed by atoms with Crippen molar-refractivity contribution < 1.29 is 14.3 Å². The second kappa shape index (κ2) is 7.40. The van der Waals surface area contributed by atoms with E-state index >= 15 is 0 Å². The minimum absolute atomic E-state index is 0.227. The predicted molar refractivity (Wildman–Crippen MR) is 103 cm³/mol. The van der Waals surface area contributed by atoms with E-state index in [0.717, 1.165) is 35.2 Å². The third-order valence-electron chi connectivity index (χ3n) is 4.87. The van der Waals surface area contributed by atoms with Gasteiger partial charge in [0, 0.05) is 31.9 Å². The summed E-state index contributed by atoms with van der Waals surface area (Å²) in [5.41, 5.74) is 2.18. The number of ether oxygens (including phenoxy) is 2. The molecule has 2 aromatic carbocycles. The zero-order valence-corrected chi connectivity index (χ0v) is 15.6. The first-order valence-electron chi connectivity index (χ1n) is 9.04. The number of nitrogens with zero attached hydrogens (tertiary/aromatic N) is 3. The summed E-state index contributed by atoms with van der Waals surface area (Å²) < 4.78 is 12.5. The maximum Gasteiger partial charge on any atom is 0.309 e. The lowest BCUT2D eigenvalue weighted by Crippen LogP contribution is -2.10. The molecule has 2 heterocycles. The molecule has 2 unspecified atom stereocenters. The highest BCUT2D eigenvalue weighted by Gasteiger charge is 2.34. The summed E-state index contributed by atoms with van der Waals surface area (Å²) in [5.74, 6) is 0.644. The number of aryl methyl sites for hydroxylation is 1. The van der Waals surface area contributed by atoms with E-state index in [1.54, 1.807) is 0 Å². The van der Waals surface area contributed by atoms with Crippen LogP contribution in [0.15, 0.2) is 48.8 Å². The number of esters is 1. The van der Waals surface area contributed by atoms with Crippen molar-refractivity contribution in [3.8, 4) is 5.75 Å². The quantitative estimate of drug-likeness (QED) is 0.476. The number of benzene rings is 2. The average Bonchev–Trinajstić information content (AvgIpc) is 3.28. The van der Waals surface area contributed by atoms with Gasteiger partial charge in [-0.15, -0.1) is 0 Å². The van der Waals surface area contributed by atoms with Crippen molar-refractivity contribution in [1.82, 2.24) is 14.7 Å². The first-order chi connectivity index (χ1) is 13.1. The van der Waals surface area contributed by atoms with Crippen LogP contribution in [0.2, 0.25) is 0 Å². The average molecular weight is 365 g/mol. The van der Waals surface area contributed by atoms with Crippen LogP contribution in [0.3, 0.4) is 0 Å². The Bertz CT molecular complexity index is 966. The SMILES string of the molecule is COC(=O)Cc1ccc2cc(OCC3CN3Cc3cnn(C)c3)ccc2c1. The molecular formula is C21H23N3O3. The van der Waals surface area contributed by atoms with Crippen LogP contribution in [0.1, 0.15) is 11.1 Å². The monoisotopic (exact) mass is 365 g/mol. The van der Waals surface area contributed by atoms with Gasteiger partial charge in [-0.1, -0.05) is 24.3 Å². The summed E-state index contributed by atoms with van der Waals surface area (Å²) in [5, 5.41) is 6.40. The van der Waals surface area contributed by atoms with Gasteiger partial charge in [0.1, 0.15) is 12.4 Å². The number of methoxy groups -OCH3 is 1. The second-order valence-electron chi connectivity index (χ2n) is 7.01. The van der Waals surface area contributed by atoms with Gasteiger partial charge in [0.2, 0.25) is 0 Å². The molecule has 1 aliphatic heterocycles. The standard InChI is InChI=1S/C21H23N3O3/c1-23-11-16(10-22-23)12-24-13-19(24)14-27-20-6-5-17-7-15(8-21(25)26-2)3-4-18(17)9-20/h3-7,9-11,19H,8,12-14H2,1-2H3. The zero-order valence-electron chi connectivity index (χ0n) is 15.6. The van der Waals surface area contributed by atoms with E-state index < -0.39 is 0 Å². The highest BCUT2D eigenvalue weighted by atomic mass is 16.5. The third kappa shape index (κ3) is 4.28. The van der Waals surface area contributed by atoms with E-state index in [4.69, 9.17) is 9.47 Å². The van der Waals surface area contributed by atoms with Gasteiger partial charge in [-0.3, -0.25) is 14.4 Å². The molecule has 6 heteroatoms. The lowest BCUT2D eigenvalue weighted by atomic mass is 10.0. The van der Waals surface area contributed by atoms with Gasteiger partial charge in [0.15, 0.2) is 0 Å². The lowest BCUT2D eigenvalue weighted by molar-refractivity contribution is -0.139. The molecule has 0 radical (unpaired) electrons. The van der Waals surface area contributed by atoms with Gasteiger partial charge >= 0.3 is 5.97 Å². The van der Waals surface area contributed by atoms with Gasteiger partial charge in [-0.2, -0.15) is 5.10 Å². The van der Waals surface area contributed by atoms with Crippen LogP contribution in [0, 0.1) is 0 Å². The summed E-state index contributed by atoms with van der Waals surface area (Å²) in [7, 11) is 3.34. The van der Waals surface area contributed by atoms with E-state index in [2.05, 4.69) is 10.00 Å². The fraction of sp³-hybridized carbons (Fsp3) is 0.333. The second-order valence-corrected chi connectivity index (χ2v) is 7.01. The Morgan fingerprint density at radius 1 is 1.19 bits per heavy atom. The van der Waals surface area contributed by atoms with Crippen LogP contribution < -0.4 is 4.74 Å². The van der Waals surface area contributed by atoms with E-state index in [0.29, 0.717) is 19.1 Å². The Balaban J connectivity index is 1.33. The molecule has 0 aliphatic carbocycles. The number of hydrogen-bond acceptors (Lipinski definition) is 5. The summed E-state index contributed by atoms with van der Waals surface area (Å²) >= 11 is 0. The third-order valence-corrected chi connectivity index (χ3v) is 4.87. The molecule has 27 heavy (non-hydrogen) atoms. The minimum atomic E-state index is -0.227. The first-order valence-corrected chi connectivity index (χ1v) is 9.04. The van der Waals surface area contributed by atoms with Crippen molar-refractivity contribution in [2.24, 2.45) is 7.05 Å². The van der Waals surface area contributed by atoms with E-state index in [1.807, 2.05) is 60.5 Å².